The SMILES string of the molecule is CC.CC(C)(N)OC(C)(C)NC=O.CC1=Cc2oc(CN3CCC(c4cccc(OCc5ccc(C#N)cc5F)c4)CC3)nc2CC1. The number of nitrogens with zero attached hydrogens (tertiary/aromatic N) is 3. The molecule has 0 atom stereocenters. The molecule has 0 radical (unpaired) electrons. The molecule has 9 nitrogen and oxygen atoms in total. The number of amides is 1. The van der Waals surface area contributed by atoms with Crippen LogP contribution in [-0.4, -0.2) is 40.8 Å². The van der Waals surface area contributed by atoms with E-state index in [9.17, 15) is 9.18 Å². The highest BCUT2D eigenvalue weighted by Crippen LogP contribution is 2.32. The van der Waals surface area contributed by atoms with Crippen molar-refractivity contribution in [1.29, 1.82) is 5.26 Å². The smallest absolute Gasteiger partial charge is 0.209 e. The van der Waals surface area contributed by atoms with Crippen molar-refractivity contribution in [2.24, 2.45) is 5.73 Å². The third-order valence-electron chi connectivity index (χ3n) is 7.68. The quantitative estimate of drug-likeness (QED) is 0.175. The molecule has 1 saturated heterocycles. The largest absolute Gasteiger partial charge is 0.489 e. The summed E-state index contributed by atoms with van der Waals surface area (Å²) in [5.74, 6) is 2.54. The molecule has 1 aliphatic carbocycles. The van der Waals surface area contributed by atoms with Gasteiger partial charge in [-0.15, -0.1) is 0 Å². The molecule has 2 aromatic carbocycles. The highest BCUT2D eigenvalue weighted by atomic mass is 19.1. The molecule has 1 fully saturated rings. The minimum Gasteiger partial charge on any atom is -0.489 e. The summed E-state index contributed by atoms with van der Waals surface area (Å²) in [6.45, 7) is 15.9. The first kappa shape index (κ1) is 37.4. The summed E-state index contributed by atoms with van der Waals surface area (Å²) in [6.07, 6.45) is 6.87. The van der Waals surface area contributed by atoms with E-state index in [0.29, 0.717) is 23.5 Å². The van der Waals surface area contributed by atoms with E-state index < -0.39 is 17.3 Å². The van der Waals surface area contributed by atoms with E-state index in [1.165, 1.54) is 17.2 Å². The van der Waals surface area contributed by atoms with Crippen LogP contribution in [0.5, 0.6) is 5.75 Å². The lowest BCUT2D eigenvalue weighted by molar-refractivity contribution is -0.144. The number of nitrogens with two attached hydrogens (primary N) is 1. The number of carbonyl (C=O) groups is 1. The first-order valence-electron chi connectivity index (χ1n) is 16.3. The van der Waals surface area contributed by atoms with Crippen LogP contribution in [-0.2, 0) is 29.1 Å². The van der Waals surface area contributed by atoms with Crippen molar-refractivity contribution in [3.63, 3.8) is 0 Å². The Kier molecular flexibility index (Phi) is 13.7. The van der Waals surface area contributed by atoms with Gasteiger partial charge < -0.3 is 24.9 Å². The Labute approximate surface area is 278 Å². The number of likely N-dealkylation sites (tertiary alicyclic amines) is 1. The minimum atomic E-state index is -0.737. The fourth-order valence-electron chi connectivity index (χ4n) is 5.58. The number of rotatable bonds is 10. The number of nitrogens with one attached hydrogen (secondary N) is 1. The van der Waals surface area contributed by atoms with Crippen molar-refractivity contribution in [2.45, 2.75) is 105 Å². The number of piperidine rings is 1. The minimum absolute atomic E-state index is 0.133. The van der Waals surface area contributed by atoms with Crippen LogP contribution in [0, 0.1) is 17.1 Å². The van der Waals surface area contributed by atoms with Gasteiger partial charge in [0, 0.05) is 5.56 Å². The van der Waals surface area contributed by atoms with Gasteiger partial charge in [0.05, 0.1) is 23.9 Å². The number of oxazole rings is 1. The zero-order valence-corrected chi connectivity index (χ0v) is 28.9. The number of allylic oxidation sites excluding steroid dienone is 1. The second-order valence-corrected chi connectivity index (χ2v) is 12.7. The summed E-state index contributed by atoms with van der Waals surface area (Å²) in [5.41, 5.74) is 8.58. The van der Waals surface area contributed by atoms with Gasteiger partial charge in [-0.25, -0.2) is 9.37 Å². The first-order chi connectivity index (χ1) is 22.3. The Balaban J connectivity index is 0.000000395. The number of ether oxygens (including phenoxy) is 2. The average molecular weight is 648 g/mol. The van der Waals surface area contributed by atoms with E-state index in [4.69, 9.17) is 29.9 Å². The van der Waals surface area contributed by atoms with E-state index in [1.807, 2.05) is 32.0 Å². The fraction of sp³-hybridized carbons (Fsp3) is 0.486. The van der Waals surface area contributed by atoms with Crippen LogP contribution in [0.25, 0.3) is 6.08 Å². The molecule has 5 rings (SSSR count). The Bertz CT molecular complexity index is 1530. The Morgan fingerprint density at radius 3 is 2.51 bits per heavy atom. The highest BCUT2D eigenvalue weighted by Gasteiger charge is 2.25. The molecule has 2 heterocycles. The van der Waals surface area contributed by atoms with Crippen LogP contribution < -0.4 is 15.8 Å². The second-order valence-electron chi connectivity index (χ2n) is 12.7. The van der Waals surface area contributed by atoms with Crippen molar-refractivity contribution in [2.75, 3.05) is 13.1 Å². The molecule has 0 saturated carbocycles. The first-order valence-corrected chi connectivity index (χ1v) is 16.3. The predicted molar refractivity (Wildman–Crippen MR) is 182 cm³/mol. The van der Waals surface area contributed by atoms with Crippen molar-refractivity contribution < 1.29 is 23.1 Å². The van der Waals surface area contributed by atoms with Crippen LogP contribution in [0.3, 0.4) is 0 Å². The van der Waals surface area contributed by atoms with Gasteiger partial charge in [0.15, 0.2) is 5.76 Å². The zero-order valence-electron chi connectivity index (χ0n) is 28.9. The maximum Gasteiger partial charge on any atom is 0.209 e. The maximum atomic E-state index is 14.1. The third kappa shape index (κ3) is 11.9. The Morgan fingerprint density at radius 1 is 1.15 bits per heavy atom. The predicted octanol–water partition coefficient (Wildman–Crippen LogP) is 7.20. The number of carbonyl (C=O) groups excluding carboxylic acids is 1. The average Bonchev–Trinajstić information content (AvgIpc) is 3.42. The van der Waals surface area contributed by atoms with Gasteiger partial charge in [0.25, 0.3) is 0 Å². The molecule has 0 unspecified atom stereocenters. The van der Waals surface area contributed by atoms with E-state index in [1.54, 1.807) is 39.8 Å². The number of halogens is 1. The zero-order chi connectivity index (χ0) is 34.6. The second kappa shape index (κ2) is 17.2. The van der Waals surface area contributed by atoms with Gasteiger partial charge in [-0.2, -0.15) is 5.26 Å². The summed E-state index contributed by atoms with van der Waals surface area (Å²) in [5, 5.41) is 11.4. The lowest BCUT2D eigenvalue weighted by atomic mass is 9.89. The van der Waals surface area contributed by atoms with E-state index in [2.05, 4.69) is 35.3 Å². The Hall–Kier alpha value is -4.04. The number of nitriles is 1. The summed E-state index contributed by atoms with van der Waals surface area (Å²) < 4.78 is 31.3. The van der Waals surface area contributed by atoms with Gasteiger partial charge in [-0.3, -0.25) is 9.69 Å². The van der Waals surface area contributed by atoms with E-state index in [0.717, 1.165) is 68.4 Å². The topological polar surface area (TPSA) is 127 Å². The molecule has 2 aliphatic rings. The Morgan fingerprint density at radius 2 is 1.87 bits per heavy atom. The van der Waals surface area contributed by atoms with Crippen molar-refractivity contribution >= 4 is 12.5 Å². The number of fused-ring (bicyclic) bond motifs is 1. The van der Waals surface area contributed by atoms with E-state index in [-0.39, 0.29) is 6.61 Å². The lowest BCUT2D eigenvalue weighted by Crippen LogP contribution is -2.50. The monoisotopic (exact) mass is 647 g/mol. The highest BCUT2D eigenvalue weighted by molar-refractivity contribution is 5.52. The van der Waals surface area contributed by atoms with Crippen molar-refractivity contribution in [3.8, 4) is 11.8 Å². The molecule has 0 spiro atoms. The molecule has 47 heavy (non-hydrogen) atoms. The summed E-state index contributed by atoms with van der Waals surface area (Å²) in [4.78, 5) is 17.2. The molecular weight excluding hydrogens is 597 g/mol. The van der Waals surface area contributed by atoms with Crippen LogP contribution in [0.2, 0.25) is 0 Å². The van der Waals surface area contributed by atoms with Gasteiger partial charge in [0.1, 0.15) is 29.6 Å². The van der Waals surface area contributed by atoms with Crippen molar-refractivity contribution in [3.05, 3.63) is 87.9 Å². The van der Waals surface area contributed by atoms with Crippen molar-refractivity contribution in [1.82, 2.24) is 15.2 Å². The number of aryl methyl sites for hydroxylation is 1. The van der Waals surface area contributed by atoms with Crippen LogP contribution >= 0.6 is 0 Å². The third-order valence-corrected chi connectivity index (χ3v) is 7.68. The number of benzene rings is 2. The molecule has 254 valence electrons. The molecule has 3 aromatic rings. The molecule has 1 aromatic heterocycles. The molecule has 1 aliphatic heterocycles. The van der Waals surface area contributed by atoms with Gasteiger partial charge >= 0.3 is 0 Å². The molecule has 10 heteroatoms. The fourth-order valence-corrected chi connectivity index (χ4v) is 5.58. The lowest BCUT2D eigenvalue weighted by Gasteiger charge is -2.32. The number of hydrogen-bond donors (Lipinski definition) is 2. The molecular formula is C37H50FN5O4. The summed E-state index contributed by atoms with van der Waals surface area (Å²) in [6, 6.07) is 14.5. The maximum absolute atomic E-state index is 14.1. The van der Waals surface area contributed by atoms with E-state index >= 15 is 0 Å². The standard InChI is InChI=1S/C28H28FN3O2.C7H16N2O2.C2H6/c1-19-5-8-26-27(13-19)34-28(31-26)17-32-11-9-21(10-12-32)22-3-2-4-24(15-22)33-18-23-7-6-20(16-30)14-25(23)29;1-6(2,8)11-7(3,4)9-5-10;1-2/h2-4,6-7,13-15,21H,5,8-12,17-18H2,1H3;5H,8H2,1-4H3,(H,9,10);1-2H3. The molecule has 1 amide bonds. The summed E-state index contributed by atoms with van der Waals surface area (Å²) in [7, 11) is 0. The number of hydrogen-bond acceptors (Lipinski definition) is 8. The normalized spacial score (nSPS) is 15.1. The van der Waals surface area contributed by atoms with Crippen LogP contribution in [0.1, 0.15) is 108 Å². The number of aromatic nitrogens is 1. The van der Waals surface area contributed by atoms with Gasteiger partial charge in [-0.05, 0) is 115 Å². The van der Waals surface area contributed by atoms with Crippen LogP contribution in [0.15, 0.2) is 52.5 Å². The van der Waals surface area contributed by atoms with Crippen LogP contribution in [0.4, 0.5) is 4.39 Å². The molecule has 0 bridgehead atoms. The molecule has 3 N–H and O–H groups in total. The van der Waals surface area contributed by atoms with Gasteiger partial charge in [0.2, 0.25) is 12.3 Å². The summed E-state index contributed by atoms with van der Waals surface area (Å²) >= 11 is 0. The van der Waals surface area contributed by atoms with Gasteiger partial charge in [-0.1, -0.05) is 37.6 Å².